The lowest BCUT2D eigenvalue weighted by Crippen LogP contribution is -2.23. The third-order valence-corrected chi connectivity index (χ3v) is 2.22. The maximum Gasteiger partial charge on any atom is 0.229 e. The zero-order valence-electron chi connectivity index (χ0n) is 6.05. The number of hydrogen-bond acceptors (Lipinski definition) is 2. The summed E-state index contributed by atoms with van der Waals surface area (Å²) >= 11 is 0. The largest absolute Gasteiger partial charge is 0.385 e. The van der Waals surface area contributed by atoms with E-state index in [1.54, 1.807) is 6.29 Å². The van der Waals surface area contributed by atoms with Crippen LogP contribution in [0.4, 0.5) is 0 Å². The second kappa shape index (κ2) is 3.71. The highest BCUT2D eigenvalue weighted by atomic mass is 16.3. The van der Waals surface area contributed by atoms with Gasteiger partial charge < -0.3 is 5.11 Å². The van der Waals surface area contributed by atoms with Crippen molar-refractivity contribution < 1.29 is 9.90 Å². The van der Waals surface area contributed by atoms with E-state index in [1.807, 2.05) is 0 Å². The van der Waals surface area contributed by atoms with E-state index in [2.05, 4.69) is 0 Å². The average molecular weight is 141 g/mol. The lowest BCUT2D eigenvalue weighted by molar-refractivity contribution is 0.137. The lowest BCUT2D eigenvalue weighted by atomic mass is 9.86. The molecule has 0 bridgehead atoms. The van der Waals surface area contributed by atoms with Crippen LogP contribution in [-0.4, -0.2) is 17.5 Å². The Bertz CT molecular complexity index is 106. The first-order chi connectivity index (χ1) is 4.84. The first-order valence-electron chi connectivity index (χ1n) is 3.90. The Balaban J connectivity index is 2.30. The van der Waals surface area contributed by atoms with E-state index in [-0.39, 0.29) is 5.92 Å². The molecule has 0 heterocycles. The van der Waals surface area contributed by atoms with Gasteiger partial charge in [-0.2, -0.15) is 0 Å². The van der Waals surface area contributed by atoms with Crippen LogP contribution < -0.4 is 0 Å². The highest BCUT2D eigenvalue weighted by Crippen LogP contribution is 2.25. The summed E-state index contributed by atoms with van der Waals surface area (Å²) in [6, 6.07) is 0. The van der Waals surface area contributed by atoms with Gasteiger partial charge in [0.2, 0.25) is 6.29 Å². The Labute approximate surface area is 61.2 Å². The average Bonchev–Trinajstić information content (AvgIpc) is 2.05. The van der Waals surface area contributed by atoms with Gasteiger partial charge in [0.25, 0.3) is 0 Å². The molecule has 1 fully saturated rings. The Morgan fingerprint density at radius 2 is 1.90 bits per heavy atom. The fourth-order valence-electron chi connectivity index (χ4n) is 1.55. The van der Waals surface area contributed by atoms with Crippen molar-refractivity contribution in [3.05, 3.63) is 0 Å². The summed E-state index contributed by atoms with van der Waals surface area (Å²) in [5.41, 5.74) is 0. The molecular weight excluding hydrogens is 128 g/mol. The first-order valence-corrected chi connectivity index (χ1v) is 3.90. The number of carbonyl (C=O) groups excluding carboxylic acids is 1. The SMILES string of the molecule is O=[C]C(O)C1CCCCC1. The topological polar surface area (TPSA) is 37.3 Å². The van der Waals surface area contributed by atoms with Crippen molar-refractivity contribution in [2.75, 3.05) is 0 Å². The number of aliphatic hydroxyl groups is 1. The fourth-order valence-corrected chi connectivity index (χ4v) is 1.55. The Kier molecular flexibility index (Phi) is 2.87. The fraction of sp³-hybridized carbons (Fsp3) is 0.875. The van der Waals surface area contributed by atoms with Crippen LogP contribution in [0.15, 0.2) is 0 Å². The van der Waals surface area contributed by atoms with Crippen molar-refractivity contribution in [2.45, 2.75) is 38.2 Å². The Morgan fingerprint density at radius 3 is 2.40 bits per heavy atom. The molecule has 1 rings (SSSR count). The summed E-state index contributed by atoms with van der Waals surface area (Å²) in [5.74, 6) is 0.200. The van der Waals surface area contributed by atoms with Crippen molar-refractivity contribution >= 4 is 6.29 Å². The molecule has 57 valence electrons. The Hall–Kier alpha value is -0.370. The van der Waals surface area contributed by atoms with Gasteiger partial charge in [-0.3, -0.25) is 4.79 Å². The minimum absolute atomic E-state index is 0.200. The van der Waals surface area contributed by atoms with Crippen LogP contribution in [0.25, 0.3) is 0 Å². The quantitative estimate of drug-likeness (QED) is 0.623. The highest BCUT2D eigenvalue weighted by molar-refractivity contribution is 5.57. The van der Waals surface area contributed by atoms with Gasteiger partial charge in [-0.15, -0.1) is 0 Å². The Morgan fingerprint density at radius 1 is 1.30 bits per heavy atom. The molecular formula is C8H13O2. The summed E-state index contributed by atoms with van der Waals surface area (Å²) in [6.07, 6.45) is 6.38. The van der Waals surface area contributed by atoms with Crippen molar-refractivity contribution in [1.82, 2.24) is 0 Å². The third-order valence-electron chi connectivity index (χ3n) is 2.22. The third kappa shape index (κ3) is 1.81. The smallest absolute Gasteiger partial charge is 0.229 e. The van der Waals surface area contributed by atoms with Crippen molar-refractivity contribution in [3.8, 4) is 0 Å². The van der Waals surface area contributed by atoms with Gasteiger partial charge in [0.1, 0.15) is 6.10 Å². The molecule has 0 aromatic rings. The van der Waals surface area contributed by atoms with E-state index in [4.69, 9.17) is 5.11 Å². The van der Waals surface area contributed by atoms with Crippen LogP contribution in [0, 0.1) is 5.92 Å². The minimum Gasteiger partial charge on any atom is -0.385 e. The van der Waals surface area contributed by atoms with Crippen LogP contribution in [0.5, 0.6) is 0 Å². The van der Waals surface area contributed by atoms with E-state index in [0.717, 1.165) is 25.7 Å². The summed E-state index contributed by atoms with van der Waals surface area (Å²) in [7, 11) is 0. The standard InChI is InChI=1S/C8H13O2/c9-6-8(10)7-4-2-1-3-5-7/h7-8,10H,1-5H2. The van der Waals surface area contributed by atoms with Crippen LogP contribution in [0.2, 0.25) is 0 Å². The normalized spacial score (nSPS) is 24.1. The van der Waals surface area contributed by atoms with E-state index >= 15 is 0 Å². The summed E-state index contributed by atoms with van der Waals surface area (Å²) < 4.78 is 0. The number of rotatable bonds is 2. The molecule has 1 aliphatic carbocycles. The van der Waals surface area contributed by atoms with Crippen molar-refractivity contribution in [3.63, 3.8) is 0 Å². The highest BCUT2D eigenvalue weighted by Gasteiger charge is 2.21. The second-order valence-electron chi connectivity index (χ2n) is 2.96. The zero-order valence-corrected chi connectivity index (χ0v) is 6.05. The van der Waals surface area contributed by atoms with Gasteiger partial charge in [0.05, 0.1) is 0 Å². The molecule has 0 amide bonds. The van der Waals surface area contributed by atoms with Gasteiger partial charge in [0, 0.05) is 0 Å². The lowest BCUT2D eigenvalue weighted by Gasteiger charge is -2.22. The van der Waals surface area contributed by atoms with E-state index in [1.165, 1.54) is 6.42 Å². The monoisotopic (exact) mass is 141 g/mol. The zero-order chi connectivity index (χ0) is 7.40. The van der Waals surface area contributed by atoms with Gasteiger partial charge in [-0.25, -0.2) is 0 Å². The maximum absolute atomic E-state index is 10.0. The molecule has 1 N–H and O–H groups in total. The van der Waals surface area contributed by atoms with Gasteiger partial charge in [-0.1, -0.05) is 19.3 Å². The molecule has 0 aromatic carbocycles. The van der Waals surface area contributed by atoms with E-state index < -0.39 is 6.10 Å². The second-order valence-corrected chi connectivity index (χ2v) is 2.96. The molecule has 1 saturated carbocycles. The van der Waals surface area contributed by atoms with E-state index in [9.17, 15) is 4.79 Å². The molecule has 1 unspecified atom stereocenters. The maximum atomic E-state index is 10.0. The van der Waals surface area contributed by atoms with Crippen molar-refractivity contribution in [2.24, 2.45) is 5.92 Å². The van der Waals surface area contributed by atoms with Crippen LogP contribution >= 0.6 is 0 Å². The van der Waals surface area contributed by atoms with Crippen LogP contribution in [-0.2, 0) is 4.79 Å². The molecule has 1 radical (unpaired) electrons. The van der Waals surface area contributed by atoms with Crippen LogP contribution in [0.1, 0.15) is 32.1 Å². The molecule has 0 saturated heterocycles. The number of aliphatic hydroxyl groups excluding tert-OH is 1. The van der Waals surface area contributed by atoms with Gasteiger partial charge >= 0.3 is 0 Å². The summed E-state index contributed by atoms with van der Waals surface area (Å²) in [6.45, 7) is 0. The summed E-state index contributed by atoms with van der Waals surface area (Å²) in [5, 5.41) is 9.06. The summed E-state index contributed by atoms with van der Waals surface area (Å²) in [4.78, 5) is 10.0. The van der Waals surface area contributed by atoms with E-state index in [0.29, 0.717) is 0 Å². The molecule has 10 heavy (non-hydrogen) atoms. The molecule has 2 nitrogen and oxygen atoms in total. The predicted octanol–water partition coefficient (Wildman–Crippen LogP) is 1.04. The molecule has 1 atom stereocenters. The molecule has 2 heteroatoms. The molecule has 0 spiro atoms. The molecule has 1 aliphatic rings. The number of hydrogen-bond donors (Lipinski definition) is 1. The van der Waals surface area contributed by atoms with Gasteiger partial charge in [0.15, 0.2) is 0 Å². The van der Waals surface area contributed by atoms with Crippen molar-refractivity contribution in [1.29, 1.82) is 0 Å². The van der Waals surface area contributed by atoms with Crippen LogP contribution in [0.3, 0.4) is 0 Å². The minimum atomic E-state index is -0.819. The first kappa shape index (κ1) is 7.73. The predicted molar refractivity (Wildman–Crippen MR) is 38.3 cm³/mol. The molecule has 0 aliphatic heterocycles. The molecule has 0 aromatic heterocycles. The van der Waals surface area contributed by atoms with Gasteiger partial charge in [-0.05, 0) is 18.8 Å².